The van der Waals surface area contributed by atoms with Gasteiger partial charge in [-0.3, -0.25) is 9.47 Å². The number of nitrogens with zero attached hydrogens (tertiary/aromatic N) is 4. The number of nitrogens with one attached hydrogen (secondary N) is 1. The molecule has 6 heteroatoms. The first-order valence-corrected chi connectivity index (χ1v) is 8.77. The van der Waals surface area contributed by atoms with Crippen molar-refractivity contribution in [2.24, 2.45) is 0 Å². The van der Waals surface area contributed by atoms with E-state index in [9.17, 15) is 0 Å². The third-order valence-electron chi connectivity index (χ3n) is 5.19. The van der Waals surface area contributed by atoms with Crippen molar-refractivity contribution in [3.05, 3.63) is 4.77 Å². The van der Waals surface area contributed by atoms with Gasteiger partial charge < -0.3 is 4.90 Å². The summed E-state index contributed by atoms with van der Waals surface area (Å²) < 4.78 is 3.07. The maximum atomic E-state index is 5.47. The number of rotatable bonds is 4. The van der Waals surface area contributed by atoms with E-state index in [1.807, 2.05) is 0 Å². The molecule has 0 spiro atoms. The minimum atomic E-state index is 0.554. The molecule has 1 unspecified atom stereocenters. The van der Waals surface area contributed by atoms with E-state index in [0.717, 1.165) is 36.9 Å². The average molecular weight is 309 g/mol. The van der Waals surface area contributed by atoms with Crippen molar-refractivity contribution < 1.29 is 0 Å². The lowest BCUT2D eigenvalue weighted by Crippen LogP contribution is -2.50. The molecule has 3 rings (SSSR count). The molecule has 1 N–H and O–H groups in total. The van der Waals surface area contributed by atoms with Crippen LogP contribution in [0.2, 0.25) is 0 Å². The smallest absolute Gasteiger partial charge is 0.226 e. The van der Waals surface area contributed by atoms with Gasteiger partial charge in [-0.1, -0.05) is 19.8 Å². The fourth-order valence-corrected chi connectivity index (χ4v) is 3.91. The standard InChI is InChI=1S/C15H27N5S/c1-3-12(2)18-8-10-19(11-9-18)14-16-17-15(21)20(14)13-6-4-5-7-13/h12-13H,3-11H2,1-2H3,(H,17,21). The summed E-state index contributed by atoms with van der Waals surface area (Å²) in [4.78, 5) is 4.99. The Bertz CT molecular complexity index is 508. The first-order chi connectivity index (χ1) is 10.2. The van der Waals surface area contributed by atoms with Gasteiger partial charge in [0.2, 0.25) is 5.95 Å². The molecule has 1 aliphatic heterocycles. The summed E-state index contributed by atoms with van der Waals surface area (Å²) in [5.41, 5.74) is 0. The van der Waals surface area contributed by atoms with E-state index in [0.29, 0.717) is 12.1 Å². The van der Waals surface area contributed by atoms with Gasteiger partial charge in [0.25, 0.3) is 0 Å². The molecular weight excluding hydrogens is 282 g/mol. The molecule has 2 aliphatic rings. The Labute approximate surface area is 132 Å². The maximum Gasteiger partial charge on any atom is 0.226 e. The monoisotopic (exact) mass is 309 g/mol. The van der Waals surface area contributed by atoms with Crippen LogP contribution < -0.4 is 4.90 Å². The molecule has 1 saturated heterocycles. The quantitative estimate of drug-likeness (QED) is 0.868. The highest BCUT2D eigenvalue weighted by atomic mass is 32.1. The largest absolute Gasteiger partial charge is 0.338 e. The summed E-state index contributed by atoms with van der Waals surface area (Å²) in [6.07, 6.45) is 6.35. The molecule has 0 radical (unpaired) electrons. The molecule has 1 saturated carbocycles. The summed E-state index contributed by atoms with van der Waals surface area (Å²) in [6, 6.07) is 1.24. The summed E-state index contributed by atoms with van der Waals surface area (Å²) in [7, 11) is 0. The lowest BCUT2D eigenvalue weighted by molar-refractivity contribution is 0.191. The zero-order valence-electron chi connectivity index (χ0n) is 13.2. The van der Waals surface area contributed by atoms with Crippen molar-refractivity contribution in [2.75, 3.05) is 31.1 Å². The molecule has 1 atom stereocenters. The summed E-state index contributed by atoms with van der Waals surface area (Å²) in [5.74, 6) is 1.07. The lowest BCUT2D eigenvalue weighted by atomic mass is 10.2. The van der Waals surface area contributed by atoms with Gasteiger partial charge in [0.05, 0.1) is 0 Å². The van der Waals surface area contributed by atoms with Crippen LogP contribution in [0.1, 0.15) is 52.0 Å². The van der Waals surface area contributed by atoms with Crippen LogP contribution in [0.15, 0.2) is 0 Å². The van der Waals surface area contributed by atoms with Gasteiger partial charge in [0.15, 0.2) is 4.77 Å². The van der Waals surface area contributed by atoms with Gasteiger partial charge in [-0.2, -0.15) is 0 Å². The maximum absolute atomic E-state index is 5.47. The molecule has 0 bridgehead atoms. The molecule has 1 aromatic heterocycles. The predicted molar refractivity (Wildman–Crippen MR) is 88.5 cm³/mol. The Morgan fingerprint density at radius 2 is 1.90 bits per heavy atom. The van der Waals surface area contributed by atoms with Crippen LogP contribution in [-0.4, -0.2) is 51.9 Å². The van der Waals surface area contributed by atoms with E-state index in [1.165, 1.54) is 32.1 Å². The topological polar surface area (TPSA) is 40.1 Å². The number of aromatic amines is 1. The van der Waals surface area contributed by atoms with Gasteiger partial charge in [0.1, 0.15) is 0 Å². The highest BCUT2D eigenvalue weighted by molar-refractivity contribution is 7.71. The second kappa shape index (κ2) is 6.48. The van der Waals surface area contributed by atoms with E-state index in [2.05, 4.69) is 38.4 Å². The number of hydrogen-bond donors (Lipinski definition) is 1. The Balaban J connectivity index is 1.72. The van der Waals surface area contributed by atoms with E-state index in [-0.39, 0.29) is 0 Å². The number of H-pyrrole nitrogens is 1. The Kier molecular flexibility index (Phi) is 4.64. The van der Waals surface area contributed by atoms with E-state index in [1.54, 1.807) is 0 Å². The second-order valence-electron chi connectivity index (χ2n) is 6.42. The van der Waals surface area contributed by atoms with Crippen LogP contribution in [0.5, 0.6) is 0 Å². The summed E-state index contributed by atoms with van der Waals surface area (Å²) in [5, 5.41) is 7.54. The van der Waals surface area contributed by atoms with Crippen LogP contribution >= 0.6 is 12.2 Å². The van der Waals surface area contributed by atoms with E-state index >= 15 is 0 Å². The van der Waals surface area contributed by atoms with Gasteiger partial charge in [0, 0.05) is 38.3 Å². The van der Waals surface area contributed by atoms with E-state index in [4.69, 9.17) is 12.2 Å². The normalized spacial score (nSPS) is 22.9. The van der Waals surface area contributed by atoms with Gasteiger partial charge in [-0.05, 0) is 38.4 Å². The minimum Gasteiger partial charge on any atom is -0.338 e. The molecule has 2 heterocycles. The molecule has 21 heavy (non-hydrogen) atoms. The van der Waals surface area contributed by atoms with Crippen molar-refractivity contribution >= 4 is 18.2 Å². The zero-order valence-corrected chi connectivity index (χ0v) is 14.0. The molecule has 1 aromatic rings. The van der Waals surface area contributed by atoms with E-state index < -0.39 is 0 Å². The van der Waals surface area contributed by atoms with Crippen LogP contribution in [0.3, 0.4) is 0 Å². The first-order valence-electron chi connectivity index (χ1n) is 8.36. The first kappa shape index (κ1) is 15.0. The second-order valence-corrected chi connectivity index (χ2v) is 6.80. The zero-order chi connectivity index (χ0) is 14.8. The minimum absolute atomic E-state index is 0.554. The van der Waals surface area contributed by atoms with Crippen LogP contribution in [0, 0.1) is 4.77 Å². The van der Waals surface area contributed by atoms with Crippen molar-refractivity contribution in [1.29, 1.82) is 0 Å². The molecule has 5 nitrogen and oxygen atoms in total. The highest BCUT2D eigenvalue weighted by Crippen LogP contribution is 2.32. The average Bonchev–Trinajstić information content (AvgIpc) is 3.15. The fourth-order valence-electron chi connectivity index (χ4n) is 3.63. The molecule has 118 valence electrons. The SMILES string of the molecule is CCC(C)N1CCN(c2n[nH]c(=S)n2C2CCCC2)CC1. The van der Waals surface area contributed by atoms with Gasteiger partial charge in [-0.15, -0.1) is 5.10 Å². The number of anilines is 1. The third kappa shape index (κ3) is 3.01. The molecule has 0 aromatic carbocycles. The summed E-state index contributed by atoms with van der Waals surface area (Å²) >= 11 is 5.47. The van der Waals surface area contributed by atoms with Crippen LogP contribution in [-0.2, 0) is 0 Å². The summed E-state index contributed by atoms with van der Waals surface area (Å²) in [6.45, 7) is 8.94. The highest BCUT2D eigenvalue weighted by Gasteiger charge is 2.27. The molecular formula is C15H27N5S. The fraction of sp³-hybridized carbons (Fsp3) is 0.867. The third-order valence-corrected chi connectivity index (χ3v) is 5.47. The number of aromatic nitrogens is 3. The van der Waals surface area contributed by atoms with Crippen molar-refractivity contribution in [1.82, 2.24) is 19.7 Å². The molecule has 1 aliphatic carbocycles. The number of piperazine rings is 1. The van der Waals surface area contributed by atoms with Gasteiger partial charge >= 0.3 is 0 Å². The predicted octanol–water partition coefficient (Wildman–Crippen LogP) is 2.98. The van der Waals surface area contributed by atoms with Crippen molar-refractivity contribution in [3.8, 4) is 0 Å². The Morgan fingerprint density at radius 1 is 1.24 bits per heavy atom. The Morgan fingerprint density at radius 3 is 2.52 bits per heavy atom. The lowest BCUT2D eigenvalue weighted by Gasteiger charge is -2.38. The van der Waals surface area contributed by atoms with Gasteiger partial charge in [-0.25, -0.2) is 5.10 Å². The number of hydrogen-bond acceptors (Lipinski definition) is 4. The molecule has 2 fully saturated rings. The van der Waals surface area contributed by atoms with Crippen molar-refractivity contribution in [3.63, 3.8) is 0 Å². The van der Waals surface area contributed by atoms with Crippen LogP contribution in [0.25, 0.3) is 0 Å². The Hall–Kier alpha value is -0.880. The van der Waals surface area contributed by atoms with Crippen LogP contribution in [0.4, 0.5) is 5.95 Å². The molecule has 0 amide bonds. The van der Waals surface area contributed by atoms with Crippen molar-refractivity contribution in [2.45, 2.75) is 58.0 Å².